The molecule has 1 atom stereocenters. The van der Waals surface area contributed by atoms with E-state index in [9.17, 15) is 18.0 Å². The van der Waals surface area contributed by atoms with Crippen molar-refractivity contribution in [1.29, 1.82) is 0 Å². The van der Waals surface area contributed by atoms with Crippen molar-refractivity contribution in [3.8, 4) is 0 Å². The molecule has 0 saturated heterocycles. The zero-order valence-electron chi connectivity index (χ0n) is 11.0. The molecular formula is C13H10Br2F3NO2. The van der Waals surface area contributed by atoms with Gasteiger partial charge in [-0.15, -0.1) is 0 Å². The molecule has 1 aromatic carbocycles. The van der Waals surface area contributed by atoms with Gasteiger partial charge >= 0.3 is 6.18 Å². The predicted molar refractivity (Wildman–Crippen MR) is 78.6 cm³/mol. The van der Waals surface area contributed by atoms with Crippen LogP contribution >= 0.6 is 31.9 Å². The Morgan fingerprint density at radius 2 is 1.90 bits per heavy atom. The molecule has 0 bridgehead atoms. The molecule has 114 valence electrons. The summed E-state index contributed by atoms with van der Waals surface area (Å²) in [6, 6.07) is 3.66. The predicted octanol–water partition coefficient (Wildman–Crippen LogP) is 4.02. The Balaban J connectivity index is 2.66. The summed E-state index contributed by atoms with van der Waals surface area (Å²) in [6.07, 6.45) is -4.51. The van der Waals surface area contributed by atoms with E-state index >= 15 is 0 Å². The second kappa shape index (κ2) is 5.64. The Kier molecular flexibility index (Phi) is 4.39. The Morgan fingerprint density at radius 3 is 2.43 bits per heavy atom. The highest BCUT2D eigenvalue weighted by Gasteiger charge is 2.39. The molecule has 3 nitrogen and oxygen atoms in total. The van der Waals surface area contributed by atoms with Crippen LogP contribution in [0, 0.1) is 0 Å². The maximum Gasteiger partial charge on any atom is 0.417 e. The van der Waals surface area contributed by atoms with Crippen LogP contribution in [0.4, 0.5) is 13.2 Å². The average molecular weight is 429 g/mol. The van der Waals surface area contributed by atoms with E-state index in [0.29, 0.717) is 0 Å². The number of rotatable bonds is 2. The lowest BCUT2D eigenvalue weighted by Gasteiger charge is -2.16. The number of carbonyl (C=O) groups excluding carboxylic acids is 1. The van der Waals surface area contributed by atoms with E-state index in [1.165, 1.54) is 12.1 Å². The molecule has 0 amide bonds. The van der Waals surface area contributed by atoms with E-state index < -0.39 is 22.5 Å². The molecule has 8 heteroatoms. The Hall–Kier alpha value is -1.02. The summed E-state index contributed by atoms with van der Waals surface area (Å²) in [7, 11) is 3.30. The number of nitrogens with zero attached hydrogens (tertiary/aromatic N) is 1. The minimum atomic E-state index is -4.51. The lowest BCUT2D eigenvalue weighted by Crippen LogP contribution is -2.13. The SMILES string of the molecule is CN(C)C1=C(c2cccc(C(F)(F)F)c2Br)C(=O)C(Br)O1. The van der Waals surface area contributed by atoms with Gasteiger partial charge in [0.1, 0.15) is 0 Å². The number of carbonyl (C=O) groups is 1. The molecule has 0 spiro atoms. The number of alkyl halides is 4. The van der Waals surface area contributed by atoms with E-state index in [-0.39, 0.29) is 21.5 Å². The summed E-state index contributed by atoms with van der Waals surface area (Å²) in [4.78, 5) is 13.7. The normalized spacial score (nSPS) is 19.0. The zero-order chi connectivity index (χ0) is 15.9. The first-order valence-electron chi connectivity index (χ1n) is 5.77. The number of ketones is 1. The third kappa shape index (κ3) is 2.96. The van der Waals surface area contributed by atoms with Crippen LogP contribution in [-0.4, -0.2) is 29.8 Å². The fraction of sp³-hybridized carbons (Fsp3) is 0.308. The number of halogens is 5. The fourth-order valence-corrected chi connectivity index (χ4v) is 3.04. The minimum absolute atomic E-state index is 0.111. The largest absolute Gasteiger partial charge is 0.455 e. The van der Waals surface area contributed by atoms with Crippen LogP contribution in [0.3, 0.4) is 0 Å². The highest BCUT2D eigenvalue weighted by Crippen LogP contribution is 2.42. The van der Waals surface area contributed by atoms with Crippen molar-refractivity contribution in [1.82, 2.24) is 4.90 Å². The molecule has 0 aliphatic carbocycles. The first-order valence-corrected chi connectivity index (χ1v) is 7.48. The molecule has 0 saturated carbocycles. The van der Waals surface area contributed by atoms with Gasteiger partial charge in [-0.25, -0.2) is 0 Å². The van der Waals surface area contributed by atoms with Gasteiger partial charge in [-0.3, -0.25) is 4.79 Å². The molecule has 21 heavy (non-hydrogen) atoms. The van der Waals surface area contributed by atoms with Gasteiger partial charge in [-0.1, -0.05) is 12.1 Å². The highest BCUT2D eigenvalue weighted by atomic mass is 79.9. The van der Waals surface area contributed by atoms with Crippen LogP contribution in [0.1, 0.15) is 11.1 Å². The third-order valence-electron chi connectivity index (χ3n) is 2.86. The van der Waals surface area contributed by atoms with Gasteiger partial charge in [-0.05, 0) is 37.9 Å². The van der Waals surface area contributed by atoms with E-state index in [4.69, 9.17) is 4.74 Å². The van der Waals surface area contributed by atoms with Crippen molar-refractivity contribution in [2.75, 3.05) is 14.1 Å². The van der Waals surface area contributed by atoms with Crippen molar-refractivity contribution in [3.63, 3.8) is 0 Å². The molecule has 2 rings (SSSR count). The second-order valence-electron chi connectivity index (χ2n) is 4.54. The van der Waals surface area contributed by atoms with Gasteiger partial charge in [0.2, 0.25) is 16.7 Å². The van der Waals surface area contributed by atoms with Gasteiger partial charge in [0, 0.05) is 24.1 Å². The standard InChI is InChI=1S/C13H10Br2F3NO2/c1-19(2)12-8(10(20)11(15)21-12)6-4-3-5-7(9(6)14)13(16,17)18/h3-5,11H,1-2H3. The van der Waals surface area contributed by atoms with Crippen LogP contribution in [0.15, 0.2) is 28.6 Å². The summed E-state index contributed by atoms with van der Waals surface area (Å²) < 4.78 is 44.1. The van der Waals surface area contributed by atoms with Gasteiger partial charge in [0.15, 0.2) is 0 Å². The number of benzene rings is 1. The lowest BCUT2D eigenvalue weighted by molar-refractivity contribution is -0.138. The zero-order valence-corrected chi connectivity index (χ0v) is 14.1. The van der Waals surface area contributed by atoms with Crippen molar-refractivity contribution in [3.05, 3.63) is 39.7 Å². The van der Waals surface area contributed by atoms with Crippen LogP contribution < -0.4 is 0 Å². The molecule has 0 radical (unpaired) electrons. The van der Waals surface area contributed by atoms with E-state index in [0.717, 1.165) is 6.07 Å². The topological polar surface area (TPSA) is 29.5 Å². The molecule has 1 heterocycles. The van der Waals surface area contributed by atoms with Crippen molar-refractivity contribution < 1.29 is 22.7 Å². The maximum absolute atomic E-state index is 13.0. The first-order chi connectivity index (χ1) is 9.64. The summed E-state index contributed by atoms with van der Waals surface area (Å²) in [5.74, 6) is -0.194. The first kappa shape index (κ1) is 16.4. The third-order valence-corrected chi connectivity index (χ3v) is 4.32. The number of ether oxygens (including phenoxy) is 1. The monoisotopic (exact) mass is 427 g/mol. The van der Waals surface area contributed by atoms with Gasteiger partial charge in [-0.2, -0.15) is 13.2 Å². The summed E-state index contributed by atoms with van der Waals surface area (Å²) in [5, 5.41) is -0.897. The molecule has 0 N–H and O–H groups in total. The van der Waals surface area contributed by atoms with Crippen molar-refractivity contribution in [2.45, 2.75) is 11.2 Å². The second-order valence-corrected chi connectivity index (χ2v) is 6.16. The Bertz CT molecular complexity index is 626. The van der Waals surface area contributed by atoms with Crippen LogP contribution in [0.25, 0.3) is 5.57 Å². The van der Waals surface area contributed by atoms with Crippen LogP contribution in [0.2, 0.25) is 0 Å². The molecule has 1 aliphatic heterocycles. The molecular weight excluding hydrogens is 419 g/mol. The number of Topliss-reactive ketones (excluding diaryl/α,β-unsaturated/α-hetero) is 1. The van der Waals surface area contributed by atoms with E-state index in [2.05, 4.69) is 31.9 Å². The summed E-state index contributed by atoms with van der Waals surface area (Å²) >= 11 is 6.01. The molecule has 0 fully saturated rings. The Labute approximate surface area is 136 Å². The quantitative estimate of drug-likeness (QED) is 0.666. The minimum Gasteiger partial charge on any atom is -0.455 e. The van der Waals surface area contributed by atoms with E-state index in [1.807, 2.05) is 0 Å². The highest BCUT2D eigenvalue weighted by molar-refractivity contribution is 9.10. The fourth-order valence-electron chi connectivity index (χ4n) is 1.95. The summed E-state index contributed by atoms with van der Waals surface area (Å²) in [5.41, 5.74) is -0.572. The number of hydrogen-bond donors (Lipinski definition) is 0. The van der Waals surface area contributed by atoms with E-state index in [1.54, 1.807) is 19.0 Å². The average Bonchev–Trinajstić information content (AvgIpc) is 2.65. The van der Waals surface area contributed by atoms with Crippen molar-refractivity contribution in [2.24, 2.45) is 0 Å². The Morgan fingerprint density at radius 1 is 1.29 bits per heavy atom. The smallest absolute Gasteiger partial charge is 0.417 e. The summed E-state index contributed by atoms with van der Waals surface area (Å²) in [6.45, 7) is 0. The van der Waals surface area contributed by atoms with Crippen LogP contribution in [-0.2, 0) is 15.7 Å². The molecule has 0 aromatic heterocycles. The van der Waals surface area contributed by atoms with Crippen LogP contribution in [0.5, 0.6) is 0 Å². The van der Waals surface area contributed by atoms with Gasteiger partial charge in [0.05, 0.1) is 11.1 Å². The molecule has 1 unspecified atom stereocenters. The maximum atomic E-state index is 13.0. The molecule has 1 aromatic rings. The van der Waals surface area contributed by atoms with Gasteiger partial charge in [0.25, 0.3) is 0 Å². The lowest BCUT2D eigenvalue weighted by atomic mass is 10.0. The molecule has 1 aliphatic rings. The number of hydrogen-bond acceptors (Lipinski definition) is 3. The van der Waals surface area contributed by atoms with Crippen molar-refractivity contribution >= 4 is 43.2 Å². The van der Waals surface area contributed by atoms with Gasteiger partial charge < -0.3 is 9.64 Å².